The number of carbonyl (C=O) groups excluding carboxylic acids is 1. The van der Waals surface area contributed by atoms with Gasteiger partial charge < -0.3 is 4.90 Å². The maximum absolute atomic E-state index is 12.8. The molecule has 30 heavy (non-hydrogen) atoms. The van der Waals surface area contributed by atoms with Gasteiger partial charge in [-0.25, -0.2) is 13.1 Å². The molecule has 160 valence electrons. The van der Waals surface area contributed by atoms with Gasteiger partial charge in [-0.05, 0) is 42.4 Å². The van der Waals surface area contributed by atoms with E-state index < -0.39 is 10.0 Å². The number of benzene rings is 2. The molecule has 0 radical (unpaired) electrons. The van der Waals surface area contributed by atoms with Crippen LogP contribution in [0, 0.1) is 5.92 Å². The lowest BCUT2D eigenvalue weighted by molar-refractivity contribution is -0.135. The zero-order valence-electron chi connectivity index (χ0n) is 17.6. The molecular weight excluding hydrogens is 396 g/mol. The largest absolute Gasteiger partial charge is 0.337 e. The molecule has 1 aliphatic heterocycles. The van der Waals surface area contributed by atoms with Crippen LogP contribution in [0.1, 0.15) is 38.7 Å². The normalized spacial score (nSPS) is 21.9. The van der Waals surface area contributed by atoms with Gasteiger partial charge in [-0.1, -0.05) is 68.4 Å². The van der Waals surface area contributed by atoms with Gasteiger partial charge in [-0.2, -0.15) is 0 Å². The van der Waals surface area contributed by atoms with Crippen molar-refractivity contribution >= 4 is 15.9 Å². The Morgan fingerprint density at radius 3 is 2.40 bits per heavy atom. The monoisotopic (exact) mass is 426 g/mol. The number of likely N-dealkylation sites (tertiary alicyclic amines) is 1. The number of nitrogens with zero attached hydrogens (tertiary/aromatic N) is 1. The summed E-state index contributed by atoms with van der Waals surface area (Å²) in [4.78, 5) is 14.7. The first-order chi connectivity index (χ1) is 14.3. The van der Waals surface area contributed by atoms with Gasteiger partial charge >= 0.3 is 0 Å². The Balaban J connectivity index is 1.59. The number of hydrogen-bond acceptors (Lipinski definition) is 3. The molecule has 6 heteroatoms. The SMILES string of the molecule is CC(C)C(=O)N1CCC(NS(=O)(=O)C2CC2)C1Cc1cccc(-c2ccccc2)c1. The summed E-state index contributed by atoms with van der Waals surface area (Å²) in [6.07, 6.45) is 2.77. The van der Waals surface area contributed by atoms with Crippen molar-refractivity contribution < 1.29 is 13.2 Å². The molecule has 0 bridgehead atoms. The molecule has 2 unspecified atom stereocenters. The second-order valence-corrected chi connectivity index (χ2v) is 10.8. The second-order valence-electron chi connectivity index (χ2n) is 8.78. The van der Waals surface area contributed by atoms with Crippen LogP contribution in [-0.2, 0) is 21.2 Å². The van der Waals surface area contributed by atoms with Crippen LogP contribution < -0.4 is 4.72 Å². The third-order valence-electron chi connectivity index (χ3n) is 6.08. The molecular formula is C24H30N2O3S. The molecule has 4 rings (SSSR count). The molecule has 1 heterocycles. The van der Waals surface area contributed by atoms with Crippen molar-refractivity contribution in [1.82, 2.24) is 9.62 Å². The summed E-state index contributed by atoms with van der Waals surface area (Å²) in [5.41, 5.74) is 3.38. The summed E-state index contributed by atoms with van der Waals surface area (Å²) in [5, 5.41) is -0.255. The van der Waals surface area contributed by atoms with Crippen molar-refractivity contribution in [1.29, 1.82) is 0 Å². The molecule has 2 aliphatic rings. The van der Waals surface area contributed by atoms with Crippen LogP contribution in [0.2, 0.25) is 0 Å². The fourth-order valence-corrected chi connectivity index (χ4v) is 5.93. The molecule has 1 N–H and O–H groups in total. The Bertz CT molecular complexity index is 1000. The Hall–Kier alpha value is -2.18. The summed E-state index contributed by atoms with van der Waals surface area (Å²) in [6, 6.07) is 18.1. The highest BCUT2D eigenvalue weighted by molar-refractivity contribution is 7.90. The number of rotatable bonds is 7. The van der Waals surface area contributed by atoms with Crippen molar-refractivity contribution in [3.05, 3.63) is 60.2 Å². The summed E-state index contributed by atoms with van der Waals surface area (Å²) < 4.78 is 28.1. The van der Waals surface area contributed by atoms with E-state index in [1.54, 1.807) is 0 Å². The quantitative estimate of drug-likeness (QED) is 0.736. The molecule has 2 atom stereocenters. The Morgan fingerprint density at radius 1 is 1.03 bits per heavy atom. The number of nitrogens with one attached hydrogen (secondary N) is 1. The van der Waals surface area contributed by atoms with Gasteiger partial charge in [0.2, 0.25) is 15.9 Å². The first-order valence-electron chi connectivity index (χ1n) is 10.8. The van der Waals surface area contributed by atoms with Crippen LogP contribution >= 0.6 is 0 Å². The minimum absolute atomic E-state index is 0.0901. The number of hydrogen-bond donors (Lipinski definition) is 1. The van der Waals surface area contributed by atoms with Crippen molar-refractivity contribution in [2.45, 2.75) is 56.9 Å². The molecule has 1 amide bonds. The molecule has 2 fully saturated rings. The highest BCUT2D eigenvalue weighted by atomic mass is 32.2. The molecule has 1 saturated carbocycles. The van der Waals surface area contributed by atoms with E-state index in [0.717, 1.165) is 29.5 Å². The van der Waals surface area contributed by atoms with E-state index in [1.165, 1.54) is 0 Å². The predicted molar refractivity (Wildman–Crippen MR) is 119 cm³/mol. The summed E-state index contributed by atoms with van der Waals surface area (Å²) in [6.45, 7) is 4.39. The van der Waals surface area contributed by atoms with Crippen LogP contribution in [0.25, 0.3) is 11.1 Å². The van der Waals surface area contributed by atoms with E-state index in [2.05, 4.69) is 35.1 Å². The van der Waals surface area contributed by atoms with Crippen LogP contribution in [0.15, 0.2) is 54.6 Å². The van der Waals surface area contributed by atoms with Crippen molar-refractivity contribution in [2.75, 3.05) is 6.54 Å². The highest BCUT2D eigenvalue weighted by Gasteiger charge is 2.43. The fourth-order valence-electron chi connectivity index (χ4n) is 4.28. The average Bonchev–Trinajstić information content (AvgIpc) is 3.53. The van der Waals surface area contributed by atoms with Crippen LogP contribution in [0.5, 0.6) is 0 Å². The van der Waals surface area contributed by atoms with Crippen molar-refractivity contribution in [3.8, 4) is 11.1 Å². The minimum atomic E-state index is -3.30. The highest BCUT2D eigenvalue weighted by Crippen LogP contribution is 2.31. The standard InChI is InChI=1S/C24H30N2O3S/c1-17(2)24(27)26-14-13-22(25-30(28,29)21-11-12-21)23(26)16-18-7-6-10-20(15-18)19-8-4-3-5-9-19/h3-10,15,17,21-23,25H,11-14,16H2,1-2H3. The molecule has 1 aliphatic carbocycles. The molecule has 1 saturated heterocycles. The third-order valence-corrected chi connectivity index (χ3v) is 8.06. The zero-order valence-corrected chi connectivity index (χ0v) is 18.4. The lowest BCUT2D eigenvalue weighted by Gasteiger charge is -2.30. The predicted octanol–water partition coefficient (Wildman–Crippen LogP) is 3.60. The lowest BCUT2D eigenvalue weighted by atomic mass is 9.96. The van der Waals surface area contributed by atoms with Gasteiger partial charge in [-0.3, -0.25) is 4.79 Å². The van der Waals surface area contributed by atoms with Crippen molar-refractivity contribution in [2.24, 2.45) is 5.92 Å². The number of sulfonamides is 1. The minimum Gasteiger partial charge on any atom is -0.337 e. The summed E-state index contributed by atoms with van der Waals surface area (Å²) in [5.74, 6) is -0.0192. The Labute approximate surface area is 179 Å². The van der Waals surface area contributed by atoms with Crippen LogP contribution in [0.4, 0.5) is 0 Å². The first-order valence-corrected chi connectivity index (χ1v) is 12.4. The van der Waals surface area contributed by atoms with E-state index in [1.807, 2.05) is 43.0 Å². The Kier molecular flexibility index (Phi) is 5.98. The molecule has 2 aromatic rings. The molecule has 5 nitrogen and oxygen atoms in total. The summed E-state index contributed by atoms with van der Waals surface area (Å²) in [7, 11) is -3.30. The zero-order chi connectivity index (χ0) is 21.3. The summed E-state index contributed by atoms with van der Waals surface area (Å²) >= 11 is 0. The second kappa shape index (κ2) is 8.52. The topological polar surface area (TPSA) is 66.5 Å². The lowest BCUT2D eigenvalue weighted by Crippen LogP contribution is -2.49. The van der Waals surface area contributed by atoms with Gasteiger partial charge in [-0.15, -0.1) is 0 Å². The van der Waals surface area contributed by atoms with E-state index in [-0.39, 0.29) is 29.2 Å². The molecule has 0 aromatic heterocycles. The van der Waals surface area contributed by atoms with Gasteiger partial charge in [0.25, 0.3) is 0 Å². The van der Waals surface area contributed by atoms with Gasteiger partial charge in [0.05, 0.1) is 11.3 Å². The third kappa shape index (κ3) is 4.60. The maximum Gasteiger partial charge on any atom is 0.225 e. The van der Waals surface area contributed by atoms with E-state index in [0.29, 0.717) is 19.4 Å². The smallest absolute Gasteiger partial charge is 0.225 e. The van der Waals surface area contributed by atoms with E-state index in [4.69, 9.17) is 0 Å². The fraction of sp³-hybridized carbons (Fsp3) is 0.458. The molecule has 0 spiro atoms. The maximum atomic E-state index is 12.8. The average molecular weight is 427 g/mol. The van der Waals surface area contributed by atoms with Crippen LogP contribution in [0.3, 0.4) is 0 Å². The number of carbonyl (C=O) groups is 1. The molecule has 2 aromatic carbocycles. The van der Waals surface area contributed by atoms with E-state index >= 15 is 0 Å². The van der Waals surface area contributed by atoms with Gasteiger partial charge in [0, 0.05) is 18.5 Å². The van der Waals surface area contributed by atoms with Gasteiger partial charge in [0.15, 0.2) is 0 Å². The van der Waals surface area contributed by atoms with E-state index in [9.17, 15) is 13.2 Å². The van der Waals surface area contributed by atoms with Crippen LogP contribution in [-0.4, -0.2) is 43.1 Å². The number of amides is 1. The Morgan fingerprint density at radius 2 is 1.73 bits per heavy atom. The van der Waals surface area contributed by atoms with Gasteiger partial charge in [0.1, 0.15) is 0 Å². The van der Waals surface area contributed by atoms with Crippen molar-refractivity contribution in [3.63, 3.8) is 0 Å². The first kappa shape index (κ1) is 21.1.